The lowest BCUT2D eigenvalue weighted by molar-refractivity contribution is 0.251. The largest absolute Gasteiger partial charge is 0.489 e. The molecule has 1 heterocycles. The van der Waals surface area contributed by atoms with Crippen LogP contribution in [0, 0.1) is 0 Å². The smallest absolute Gasteiger partial charge is 0.238 e. The number of halogens is 3. The first-order valence-electron chi connectivity index (χ1n) is 9.58. The Balaban J connectivity index is 1.74. The van der Waals surface area contributed by atoms with Crippen molar-refractivity contribution in [2.75, 3.05) is 18.7 Å². The van der Waals surface area contributed by atoms with Crippen LogP contribution in [0.25, 0.3) is 0 Å². The second-order valence-corrected chi connectivity index (χ2v) is 10.7. The molecule has 0 saturated heterocycles. The summed E-state index contributed by atoms with van der Waals surface area (Å²) in [5.74, 6) is 1.52. The Bertz CT molecular complexity index is 1170. The number of rotatable bonds is 9. The number of sulfone groups is 1. The van der Waals surface area contributed by atoms with Crippen molar-refractivity contribution in [3.05, 3.63) is 69.7 Å². The maximum absolute atomic E-state index is 11.5. The molecule has 0 unspecified atom stereocenters. The van der Waals surface area contributed by atoms with Gasteiger partial charge in [0.1, 0.15) is 12.4 Å². The molecule has 2 aromatic carbocycles. The summed E-state index contributed by atoms with van der Waals surface area (Å²) in [6.45, 7) is 4.44. The lowest BCUT2D eigenvalue weighted by Gasteiger charge is -2.27. The van der Waals surface area contributed by atoms with E-state index < -0.39 is 15.3 Å². The summed E-state index contributed by atoms with van der Waals surface area (Å²) >= 11 is 18.5. The number of benzene rings is 2. The number of aromatic nitrogens is 1. The van der Waals surface area contributed by atoms with Crippen molar-refractivity contribution < 1.29 is 22.3 Å². The Morgan fingerprint density at radius 1 is 1.03 bits per heavy atom. The standard InChI is InChI=1S/C22H22Cl3NO5S/c1-22(2,15-10-17(24)21(18(25)11-15)29-9-8-23)14-4-6-16(7-5-14)30-13-19-26-12-20(31-19)32(3,27)28/h4-7,10-12H,8-9,13H2,1-3H3. The molecule has 32 heavy (non-hydrogen) atoms. The summed E-state index contributed by atoms with van der Waals surface area (Å²) in [4.78, 5) is 3.92. The highest BCUT2D eigenvalue weighted by Gasteiger charge is 2.26. The van der Waals surface area contributed by atoms with Crippen LogP contribution in [0.5, 0.6) is 11.5 Å². The van der Waals surface area contributed by atoms with Gasteiger partial charge in [-0.2, -0.15) is 0 Å². The molecule has 0 saturated carbocycles. The van der Waals surface area contributed by atoms with Crippen molar-refractivity contribution in [1.82, 2.24) is 4.98 Å². The van der Waals surface area contributed by atoms with Gasteiger partial charge in [0.15, 0.2) is 12.4 Å². The van der Waals surface area contributed by atoms with Gasteiger partial charge in [0.05, 0.1) is 22.1 Å². The lowest BCUT2D eigenvalue weighted by atomic mass is 9.78. The molecule has 0 radical (unpaired) electrons. The van der Waals surface area contributed by atoms with E-state index in [9.17, 15) is 8.42 Å². The molecule has 172 valence electrons. The van der Waals surface area contributed by atoms with E-state index in [0.29, 0.717) is 34.0 Å². The molecule has 3 aromatic rings. The average molecular weight is 519 g/mol. The van der Waals surface area contributed by atoms with E-state index in [1.807, 2.05) is 36.4 Å². The highest BCUT2D eigenvalue weighted by atomic mass is 35.5. The van der Waals surface area contributed by atoms with Gasteiger partial charge in [0.2, 0.25) is 20.8 Å². The number of nitrogens with zero attached hydrogens (tertiary/aromatic N) is 1. The van der Waals surface area contributed by atoms with Crippen LogP contribution in [0.2, 0.25) is 10.0 Å². The van der Waals surface area contributed by atoms with Gasteiger partial charge >= 0.3 is 0 Å². The predicted molar refractivity (Wildman–Crippen MR) is 125 cm³/mol. The van der Waals surface area contributed by atoms with Gasteiger partial charge in [-0.05, 0) is 35.4 Å². The third kappa shape index (κ3) is 5.70. The number of hydrogen-bond donors (Lipinski definition) is 0. The second kappa shape index (κ2) is 9.91. The minimum atomic E-state index is -3.44. The van der Waals surface area contributed by atoms with Crippen molar-refractivity contribution in [1.29, 1.82) is 0 Å². The zero-order valence-corrected chi connectivity index (χ0v) is 20.8. The molecule has 3 rings (SSSR count). The van der Waals surface area contributed by atoms with Crippen LogP contribution in [0.1, 0.15) is 30.9 Å². The van der Waals surface area contributed by atoms with Crippen LogP contribution in [0.4, 0.5) is 0 Å². The molecule has 0 amide bonds. The predicted octanol–water partition coefficient (Wildman–Crippen LogP) is 5.91. The molecule has 0 aliphatic carbocycles. The van der Waals surface area contributed by atoms with E-state index >= 15 is 0 Å². The van der Waals surface area contributed by atoms with Crippen molar-refractivity contribution in [3.8, 4) is 11.5 Å². The van der Waals surface area contributed by atoms with E-state index in [-0.39, 0.29) is 17.6 Å². The zero-order valence-electron chi connectivity index (χ0n) is 17.7. The average Bonchev–Trinajstić information content (AvgIpc) is 3.21. The fraction of sp³-hybridized carbons (Fsp3) is 0.318. The van der Waals surface area contributed by atoms with E-state index in [0.717, 1.165) is 17.4 Å². The van der Waals surface area contributed by atoms with Crippen LogP contribution in [0.3, 0.4) is 0 Å². The Kier molecular flexibility index (Phi) is 7.65. The van der Waals surface area contributed by atoms with Gasteiger partial charge < -0.3 is 13.9 Å². The maximum Gasteiger partial charge on any atom is 0.238 e. The van der Waals surface area contributed by atoms with Gasteiger partial charge in [-0.3, -0.25) is 0 Å². The summed E-state index contributed by atoms with van der Waals surface area (Å²) in [7, 11) is -3.44. The molecule has 1 aromatic heterocycles. The van der Waals surface area contributed by atoms with Crippen LogP contribution < -0.4 is 9.47 Å². The van der Waals surface area contributed by atoms with Crippen LogP contribution >= 0.6 is 34.8 Å². The van der Waals surface area contributed by atoms with Crippen LogP contribution in [-0.2, 0) is 21.9 Å². The molecule has 0 N–H and O–H groups in total. The number of oxazole rings is 1. The summed E-state index contributed by atoms with van der Waals surface area (Å²) in [5, 5.41) is 0.653. The minimum Gasteiger partial charge on any atom is -0.489 e. The van der Waals surface area contributed by atoms with Crippen molar-refractivity contribution in [2.24, 2.45) is 0 Å². The Labute approximate surface area is 202 Å². The SMILES string of the molecule is CC(C)(c1ccc(OCc2ncc(S(C)(=O)=O)o2)cc1)c1cc(Cl)c(OCCCl)c(Cl)c1. The summed E-state index contributed by atoms with van der Waals surface area (Å²) in [6.07, 6.45) is 2.22. The summed E-state index contributed by atoms with van der Waals surface area (Å²) < 4.78 is 39.3. The molecular weight excluding hydrogens is 497 g/mol. The zero-order chi connectivity index (χ0) is 23.5. The third-order valence-corrected chi connectivity index (χ3v) is 6.52. The monoisotopic (exact) mass is 517 g/mol. The van der Waals surface area contributed by atoms with E-state index in [4.69, 9.17) is 48.7 Å². The Hall–Kier alpha value is -1.93. The quantitative estimate of drug-likeness (QED) is 0.328. The molecule has 0 atom stereocenters. The van der Waals surface area contributed by atoms with E-state index in [1.165, 1.54) is 6.20 Å². The molecule has 6 nitrogen and oxygen atoms in total. The number of alkyl halides is 1. The van der Waals surface area contributed by atoms with Crippen LogP contribution in [-0.4, -0.2) is 32.1 Å². The van der Waals surface area contributed by atoms with Crippen molar-refractivity contribution in [2.45, 2.75) is 31.0 Å². The Morgan fingerprint density at radius 3 is 2.19 bits per heavy atom. The Morgan fingerprint density at radius 2 is 1.66 bits per heavy atom. The first kappa shape index (κ1) is 24.7. The first-order valence-corrected chi connectivity index (χ1v) is 12.8. The first-order chi connectivity index (χ1) is 15.0. The van der Waals surface area contributed by atoms with Gasteiger partial charge in [0, 0.05) is 11.7 Å². The molecule has 0 aliphatic heterocycles. The third-order valence-electron chi connectivity index (χ3n) is 4.88. The molecule has 0 spiro atoms. The fourth-order valence-electron chi connectivity index (χ4n) is 3.01. The van der Waals surface area contributed by atoms with Crippen LogP contribution in [0.15, 0.2) is 52.1 Å². The lowest BCUT2D eigenvalue weighted by Crippen LogP contribution is -2.19. The highest BCUT2D eigenvalue weighted by molar-refractivity contribution is 7.90. The minimum absolute atomic E-state index is 0.00718. The highest BCUT2D eigenvalue weighted by Crippen LogP contribution is 2.40. The van der Waals surface area contributed by atoms with Crippen molar-refractivity contribution in [3.63, 3.8) is 0 Å². The molecular formula is C22H22Cl3NO5S. The van der Waals surface area contributed by atoms with Crippen molar-refractivity contribution >= 4 is 44.6 Å². The molecule has 0 aliphatic rings. The van der Waals surface area contributed by atoms with E-state index in [2.05, 4.69) is 18.8 Å². The molecule has 0 bridgehead atoms. The van der Waals surface area contributed by atoms with Gasteiger partial charge in [-0.1, -0.05) is 49.2 Å². The van der Waals surface area contributed by atoms with Gasteiger partial charge in [-0.25, -0.2) is 13.4 Å². The fourth-order valence-corrected chi connectivity index (χ4v) is 4.18. The normalized spacial score (nSPS) is 12.1. The molecule has 0 fully saturated rings. The topological polar surface area (TPSA) is 78.6 Å². The summed E-state index contributed by atoms with van der Waals surface area (Å²) in [5.41, 5.74) is 1.54. The number of hydrogen-bond acceptors (Lipinski definition) is 6. The van der Waals surface area contributed by atoms with Gasteiger partial charge in [-0.15, -0.1) is 11.6 Å². The number of ether oxygens (including phenoxy) is 2. The molecule has 10 heteroatoms. The van der Waals surface area contributed by atoms with Gasteiger partial charge in [0.25, 0.3) is 0 Å². The second-order valence-electron chi connectivity index (χ2n) is 7.59. The maximum atomic E-state index is 11.5. The summed E-state index contributed by atoms with van der Waals surface area (Å²) in [6, 6.07) is 11.2. The van der Waals surface area contributed by atoms with E-state index in [1.54, 1.807) is 0 Å².